The molecule has 1 saturated carbocycles. The van der Waals surface area contributed by atoms with Crippen molar-refractivity contribution in [3.63, 3.8) is 0 Å². The van der Waals surface area contributed by atoms with Crippen molar-refractivity contribution < 1.29 is 13.2 Å². The summed E-state index contributed by atoms with van der Waals surface area (Å²) in [4.78, 5) is 0. The second-order valence-electron chi connectivity index (χ2n) is 5.95. The van der Waals surface area contributed by atoms with Gasteiger partial charge in [0.2, 0.25) is 0 Å². The van der Waals surface area contributed by atoms with E-state index in [1.54, 1.807) is 6.07 Å². The second-order valence-corrected chi connectivity index (χ2v) is 5.95. The van der Waals surface area contributed by atoms with Gasteiger partial charge < -0.3 is 5.32 Å². The molecule has 1 aliphatic rings. The van der Waals surface area contributed by atoms with E-state index in [9.17, 15) is 13.2 Å². The summed E-state index contributed by atoms with van der Waals surface area (Å²) in [6, 6.07) is 5.52. The Hall–Kier alpha value is -1.70. The highest BCUT2D eigenvalue weighted by molar-refractivity contribution is 5.54. The Morgan fingerprint density at radius 1 is 1.35 bits per heavy atom. The summed E-state index contributed by atoms with van der Waals surface area (Å²) < 4.78 is 38.2. The molecule has 20 heavy (non-hydrogen) atoms. The van der Waals surface area contributed by atoms with Crippen LogP contribution >= 0.6 is 0 Å². The van der Waals surface area contributed by atoms with E-state index >= 15 is 0 Å². The van der Waals surface area contributed by atoms with Crippen LogP contribution < -0.4 is 5.32 Å². The summed E-state index contributed by atoms with van der Waals surface area (Å²) in [5, 5.41) is 12.2. The first kappa shape index (κ1) is 14.7. The van der Waals surface area contributed by atoms with Crippen LogP contribution in [0.1, 0.15) is 44.2 Å². The maximum atomic E-state index is 12.7. The molecule has 1 aromatic rings. The lowest BCUT2D eigenvalue weighted by molar-refractivity contribution is -0.137. The van der Waals surface area contributed by atoms with E-state index in [1.807, 2.05) is 0 Å². The molecule has 0 saturated heterocycles. The highest BCUT2D eigenvalue weighted by atomic mass is 19.4. The van der Waals surface area contributed by atoms with Crippen LogP contribution in [0.2, 0.25) is 0 Å². The Kier molecular flexibility index (Phi) is 3.68. The standard InChI is InChI=1S/C15H17F3N2/c1-14(2)7-3-4-13(14)20-11-5-6-12(15(16,17)18)10(8-11)9-19/h5-6,8,13,20H,3-4,7H2,1-2H3. The minimum absolute atomic E-state index is 0.121. The molecule has 1 aromatic carbocycles. The van der Waals surface area contributed by atoms with E-state index in [0.717, 1.165) is 25.3 Å². The number of halogens is 3. The molecule has 0 aromatic heterocycles. The lowest BCUT2D eigenvalue weighted by Gasteiger charge is -2.29. The Bertz CT molecular complexity index is 541. The van der Waals surface area contributed by atoms with E-state index in [-0.39, 0.29) is 17.0 Å². The number of alkyl halides is 3. The third kappa shape index (κ3) is 2.90. The van der Waals surface area contributed by atoms with Gasteiger partial charge in [0.05, 0.1) is 17.2 Å². The topological polar surface area (TPSA) is 35.8 Å². The van der Waals surface area contributed by atoms with Crippen LogP contribution in [0.15, 0.2) is 18.2 Å². The number of hydrogen-bond acceptors (Lipinski definition) is 2. The number of rotatable bonds is 2. The van der Waals surface area contributed by atoms with Gasteiger partial charge in [0.25, 0.3) is 0 Å². The molecular weight excluding hydrogens is 265 g/mol. The molecule has 1 aliphatic carbocycles. The summed E-state index contributed by atoms with van der Waals surface area (Å²) >= 11 is 0. The first-order chi connectivity index (χ1) is 9.24. The zero-order valence-electron chi connectivity index (χ0n) is 11.5. The molecule has 108 valence electrons. The predicted molar refractivity (Wildman–Crippen MR) is 71.2 cm³/mol. The summed E-state index contributed by atoms with van der Waals surface area (Å²) in [7, 11) is 0. The van der Waals surface area contributed by atoms with Gasteiger partial charge in [-0.15, -0.1) is 0 Å². The summed E-state index contributed by atoms with van der Waals surface area (Å²) in [6.45, 7) is 4.29. The number of benzene rings is 1. The Morgan fingerprint density at radius 2 is 2.05 bits per heavy atom. The molecule has 1 unspecified atom stereocenters. The van der Waals surface area contributed by atoms with E-state index < -0.39 is 11.7 Å². The van der Waals surface area contributed by atoms with E-state index in [1.165, 1.54) is 12.1 Å². The first-order valence-corrected chi connectivity index (χ1v) is 6.62. The van der Waals surface area contributed by atoms with Crippen LogP contribution in [0.3, 0.4) is 0 Å². The van der Waals surface area contributed by atoms with E-state index in [0.29, 0.717) is 5.69 Å². The second kappa shape index (κ2) is 5.01. The smallest absolute Gasteiger partial charge is 0.382 e. The average molecular weight is 282 g/mol. The van der Waals surface area contributed by atoms with Crippen molar-refractivity contribution >= 4 is 5.69 Å². The van der Waals surface area contributed by atoms with Crippen molar-refractivity contribution in [1.82, 2.24) is 0 Å². The van der Waals surface area contributed by atoms with E-state index in [4.69, 9.17) is 5.26 Å². The zero-order valence-corrected chi connectivity index (χ0v) is 11.5. The quantitative estimate of drug-likeness (QED) is 0.862. The number of nitriles is 1. The van der Waals surface area contributed by atoms with Gasteiger partial charge >= 0.3 is 6.18 Å². The molecule has 1 fully saturated rings. The van der Waals surface area contributed by atoms with Crippen LogP contribution in [0, 0.1) is 16.7 Å². The van der Waals surface area contributed by atoms with Gasteiger partial charge in [-0.25, -0.2) is 0 Å². The molecule has 0 amide bonds. The molecule has 5 heteroatoms. The van der Waals surface area contributed by atoms with Crippen molar-refractivity contribution in [2.75, 3.05) is 5.32 Å². The normalized spacial score (nSPS) is 21.5. The summed E-state index contributed by atoms with van der Waals surface area (Å²) in [5.41, 5.74) is -0.515. The molecule has 2 rings (SSSR count). The number of hydrogen-bond donors (Lipinski definition) is 1. The van der Waals surface area contributed by atoms with Crippen molar-refractivity contribution in [1.29, 1.82) is 5.26 Å². The number of nitrogens with zero attached hydrogens (tertiary/aromatic N) is 1. The van der Waals surface area contributed by atoms with Crippen molar-refractivity contribution in [3.05, 3.63) is 29.3 Å². The zero-order chi connectivity index (χ0) is 15.0. The Balaban J connectivity index is 2.25. The van der Waals surface area contributed by atoms with Gasteiger partial charge in [0.1, 0.15) is 0 Å². The van der Waals surface area contributed by atoms with Crippen molar-refractivity contribution in [2.24, 2.45) is 5.41 Å². The van der Waals surface area contributed by atoms with Crippen LogP contribution in [0.4, 0.5) is 18.9 Å². The maximum Gasteiger partial charge on any atom is 0.417 e. The molecule has 0 heterocycles. The highest BCUT2D eigenvalue weighted by Crippen LogP contribution is 2.39. The lowest BCUT2D eigenvalue weighted by atomic mass is 9.87. The van der Waals surface area contributed by atoms with Crippen LogP contribution in [0.5, 0.6) is 0 Å². The number of anilines is 1. The third-order valence-electron chi connectivity index (χ3n) is 4.04. The fourth-order valence-corrected chi connectivity index (χ4v) is 2.77. The third-order valence-corrected chi connectivity index (χ3v) is 4.04. The van der Waals surface area contributed by atoms with Gasteiger partial charge in [-0.3, -0.25) is 0 Å². The van der Waals surface area contributed by atoms with Gasteiger partial charge in [-0.2, -0.15) is 18.4 Å². The van der Waals surface area contributed by atoms with E-state index in [2.05, 4.69) is 19.2 Å². The molecule has 0 aliphatic heterocycles. The van der Waals surface area contributed by atoms with Crippen molar-refractivity contribution in [3.8, 4) is 6.07 Å². The summed E-state index contributed by atoms with van der Waals surface area (Å²) in [6.07, 6.45) is -1.29. The minimum Gasteiger partial charge on any atom is -0.382 e. The fraction of sp³-hybridized carbons (Fsp3) is 0.533. The van der Waals surface area contributed by atoms with Gasteiger partial charge in [0, 0.05) is 11.7 Å². The van der Waals surface area contributed by atoms with Crippen LogP contribution in [-0.2, 0) is 6.18 Å². The van der Waals surface area contributed by atoms with Crippen molar-refractivity contribution in [2.45, 2.75) is 45.3 Å². The molecule has 1 N–H and O–H groups in total. The van der Waals surface area contributed by atoms with Gasteiger partial charge in [0.15, 0.2) is 0 Å². The Morgan fingerprint density at radius 3 is 2.55 bits per heavy atom. The number of nitrogens with one attached hydrogen (secondary N) is 1. The monoisotopic (exact) mass is 282 g/mol. The molecule has 0 bridgehead atoms. The van der Waals surface area contributed by atoms with Gasteiger partial charge in [-0.05, 0) is 36.5 Å². The average Bonchev–Trinajstić information content (AvgIpc) is 2.67. The molecule has 1 atom stereocenters. The SMILES string of the molecule is CC1(C)CCCC1Nc1ccc(C(F)(F)F)c(C#N)c1. The first-order valence-electron chi connectivity index (χ1n) is 6.62. The summed E-state index contributed by atoms with van der Waals surface area (Å²) in [5.74, 6) is 0. The minimum atomic E-state index is -4.49. The van der Waals surface area contributed by atoms with Gasteiger partial charge in [-0.1, -0.05) is 20.3 Å². The maximum absolute atomic E-state index is 12.7. The molecule has 2 nitrogen and oxygen atoms in total. The Labute approximate surface area is 116 Å². The highest BCUT2D eigenvalue weighted by Gasteiger charge is 2.36. The van der Waals surface area contributed by atoms with Crippen LogP contribution in [-0.4, -0.2) is 6.04 Å². The lowest BCUT2D eigenvalue weighted by Crippen LogP contribution is -2.30. The van der Waals surface area contributed by atoms with Crippen LogP contribution in [0.25, 0.3) is 0 Å². The molecular formula is C15H17F3N2. The predicted octanol–water partition coefficient (Wildman–Crippen LogP) is 4.57. The molecule has 0 radical (unpaired) electrons. The largest absolute Gasteiger partial charge is 0.417 e. The molecule has 0 spiro atoms. The fourth-order valence-electron chi connectivity index (χ4n) is 2.77.